The number of anilines is 2. The second-order valence-corrected chi connectivity index (χ2v) is 11.7. The van der Waals surface area contributed by atoms with Crippen molar-refractivity contribution in [3.05, 3.63) is 155 Å². The van der Waals surface area contributed by atoms with Crippen LogP contribution >= 0.6 is 0 Å². The smallest absolute Gasteiger partial charge is 0.335 e. The molecule has 1 aliphatic rings. The van der Waals surface area contributed by atoms with Crippen LogP contribution in [-0.2, 0) is 12.1 Å². The molecule has 0 unspecified atom stereocenters. The highest BCUT2D eigenvalue weighted by molar-refractivity contribution is 6.10. The van der Waals surface area contributed by atoms with Crippen molar-refractivity contribution in [2.24, 2.45) is 0 Å². The number of benzene rings is 5. The summed E-state index contributed by atoms with van der Waals surface area (Å²) in [5.41, 5.74) is 7.47. The molecule has 0 spiro atoms. The normalized spacial score (nSPS) is 13.1. The summed E-state index contributed by atoms with van der Waals surface area (Å²) in [7, 11) is 0. The van der Waals surface area contributed by atoms with Crippen molar-refractivity contribution in [2.75, 3.05) is 5.32 Å². The zero-order valence-electron chi connectivity index (χ0n) is 24.9. The minimum absolute atomic E-state index is 0.192. The summed E-state index contributed by atoms with van der Waals surface area (Å²) in [6.45, 7) is 0.564. The fourth-order valence-corrected chi connectivity index (χ4v) is 6.03. The fraction of sp³-hybridized carbons (Fsp3) is 0.103. The van der Waals surface area contributed by atoms with Crippen molar-refractivity contribution >= 4 is 34.2 Å². The van der Waals surface area contributed by atoms with Crippen LogP contribution in [0.15, 0.2) is 128 Å². The number of nitrogens with one attached hydrogen (secondary N) is 2. The molecule has 7 rings (SSSR count). The van der Waals surface area contributed by atoms with Gasteiger partial charge in [0.1, 0.15) is 0 Å². The molecule has 7 heteroatoms. The molecule has 0 radical (unpaired) electrons. The van der Waals surface area contributed by atoms with Crippen LogP contribution in [0.2, 0.25) is 0 Å². The summed E-state index contributed by atoms with van der Waals surface area (Å²) in [6, 6.07) is 40.7. The second-order valence-electron chi connectivity index (χ2n) is 11.7. The predicted octanol–water partition coefficient (Wildman–Crippen LogP) is 8.09. The van der Waals surface area contributed by atoms with Crippen LogP contribution in [0.3, 0.4) is 0 Å². The number of carbonyl (C=O) groups is 2. The lowest BCUT2D eigenvalue weighted by Gasteiger charge is -2.20. The Kier molecular flexibility index (Phi) is 7.31. The summed E-state index contributed by atoms with van der Waals surface area (Å²) in [5.74, 6) is -1.17. The minimum Gasteiger partial charge on any atom is -0.478 e. The summed E-state index contributed by atoms with van der Waals surface area (Å²) < 4.78 is 2.10. The van der Waals surface area contributed by atoms with Crippen LogP contribution in [0.4, 0.5) is 11.4 Å². The molecule has 1 saturated carbocycles. The molecule has 1 aliphatic carbocycles. The number of nitrogens with zero attached hydrogens (tertiary/aromatic N) is 2. The van der Waals surface area contributed by atoms with E-state index in [9.17, 15) is 20.0 Å². The van der Waals surface area contributed by atoms with Crippen molar-refractivity contribution in [2.45, 2.75) is 24.9 Å². The number of nitriles is 1. The quantitative estimate of drug-likeness (QED) is 0.155. The number of hydrogen-bond donors (Lipinski definition) is 3. The van der Waals surface area contributed by atoms with E-state index in [2.05, 4.69) is 57.7 Å². The minimum atomic E-state index is -0.980. The van der Waals surface area contributed by atoms with Crippen LogP contribution < -0.4 is 10.6 Å². The number of rotatable bonds is 9. The van der Waals surface area contributed by atoms with Crippen molar-refractivity contribution in [1.82, 2.24) is 9.88 Å². The molecule has 1 aromatic heterocycles. The molecule has 1 fully saturated rings. The maximum absolute atomic E-state index is 14.0. The van der Waals surface area contributed by atoms with Gasteiger partial charge in [0.25, 0.3) is 5.91 Å². The molecule has 1 heterocycles. The Morgan fingerprint density at radius 3 is 2.26 bits per heavy atom. The first-order chi connectivity index (χ1) is 22.4. The number of carboxylic acid groups (broad SMARTS) is 1. The molecule has 6 aromatic rings. The number of carboxylic acids is 1. The first kappa shape index (κ1) is 28.6. The van der Waals surface area contributed by atoms with Crippen LogP contribution in [0.5, 0.6) is 0 Å². The lowest BCUT2D eigenvalue weighted by atomic mass is 10.0. The fourth-order valence-electron chi connectivity index (χ4n) is 6.03. The molecule has 7 nitrogen and oxygen atoms in total. The first-order valence-electron chi connectivity index (χ1n) is 15.1. The van der Waals surface area contributed by atoms with E-state index in [1.165, 1.54) is 0 Å². The van der Waals surface area contributed by atoms with E-state index in [-0.39, 0.29) is 11.5 Å². The summed E-state index contributed by atoms with van der Waals surface area (Å²) >= 11 is 0. The van der Waals surface area contributed by atoms with E-state index >= 15 is 0 Å². The Balaban J connectivity index is 1.24. The van der Waals surface area contributed by atoms with Crippen molar-refractivity contribution < 1.29 is 14.7 Å². The highest BCUT2D eigenvalue weighted by atomic mass is 16.4. The monoisotopic (exact) mass is 602 g/mol. The summed E-state index contributed by atoms with van der Waals surface area (Å²) in [6.07, 6.45) is 3.55. The molecule has 3 N–H and O–H groups in total. The van der Waals surface area contributed by atoms with E-state index in [4.69, 9.17) is 0 Å². The van der Waals surface area contributed by atoms with Crippen LogP contribution in [-0.4, -0.2) is 21.6 Å². The standard InChI is InChI=1S/C39H30N4O3/c40-24-27-5-4-8-32(23-27)41-35-18-17-34(37(44)42-39(20-21-39)31-15-13-30(14-16-31)38(45)46)36-33(35)19-22-43(36)25-26-9-11-29(12-10-26)28-6-2-1-3-7-28/h1-19,22-23,41H,20-21,25H2,(H,42,44)(H,45,46). The predicted molar refractivity (Wildman–Crippen MR) is 179 cm³/mol. The van der Waals surface area contributed by atoms with Gasteiger partial charge in [-0.25, -0.2) is 4.79 Å². The molecule has 1 amide bonds. The van der Waals surface area contributed by atoms with Crippen molar-refractivity contribution in [3.63, 3.8) is 0 Å². The molecular weight excluding hydrogens is 572 g/mol. The largest absolute Gasteiger partial charge is 0.478 e. The van der Waals surface area contributed by atoms with Gasteiger partial charge in [-0.15, -0.1) is 0 Å². The molecule has 5 aromatic carbocycles. The van der Waals surface area contributed by atoms with Crippen LogP contribution in [0.25, 0.3) is 22.0 Å². The first-order valence-corrected chi connectivity index (χ1v) is 15.1. The molecule has 0 bridgehead atoms. The maximum Gasteiger partial charge on any atom is 0.335 e. The number of carbonyl (C=O) groups excluding carboxylic acids is 1. The van der Waals surface area contributed by atoms with Gasteiger partial charge < -0.3 is 20.3 Å². The van der Waals surface area contributed by atoms with Crippen molar-refractivity contribution in [1.29, 1.82) is 5.26 Å². The van der Waals surface area contributed by atoms with E-state index in [1.807, 2.05) is 54.7 Å². The van der Waals surface area contributed by atoms with E-state index in [0.717, 1.165) is 57.4 Å². The average molecular weight is 603 g/mol. The second kappa shape index (κ2) is 11.8. The third-order valence-electron chi connectivity index (χ3n) is 8.64. The van der Waals surface area contributed by atoms with Gasteiger partial charge in [-0.05, 0) is 83.6 Å². The summed E-state index contributed by atoms with van der Waals surface area (Å²) in [4.78, 5) is 25.4. The van der Waals surface area contributed by atoms with E-state index in [1.54, 1.807) is 36.4 Å². The number of hydrogen-bond acceptors (Lipinski definition) is 4. The highest BCUT2D eigenvalue weighted by Crippen LogP contribution is 2.46. The van der Waals surface area contributed by atoms with Gasteiger partial charge in [0.15, 0.2) is 0 Å². The lowest BCUT2D eigenvalue weighted by Crippen LogP contribution is -2.35. The Labute approximate surface area is 266 Å². The molecule has 0 atom stereocenters. The van der Waals surface area contributed by atoms with Gasteiger partial charge in [-0.2, -0.15) is 5.26 Å². The third-order valence-corrected chi connectivity index (χ3v) is 8.64. The zero-order chi connectivity index (χ0) is 31.7. The molecular formula is C39H30N4O3. The number of fused-ring (bicyclic) bond motifs is 1. The van der Waals surface area contributed by atoms with Crippen molar-refractivity contribution in [3.8, 4) is 17.2 Å². The van der Waals surface area contributed by atoms with E-state index < -0.39 is 11.5 Å². The number of aromatic carboxylic acids is 1. The molecule has 0 aliphatic heterocycles. The Morgan fingerprint density at radius 1 is 0.826 bits per heavy atom. The third kappa shape index (κ3) is 5.60. The van der Waals surface area contributed by atoms with Gasteiger partial charge >= 0.3 is 5.97 Å². The average Bonchev–Trinajstić information content (AvgIpc) is 3.76. The van der Waals surface area contributed by atoms with Gasteiger partial charge in [0.05, 0.1) is 33.8 Å². The highest BCUT2D eigenvalue weighted by Gasteiger charge is 2.46. The van der Waals surface area contributed by atoms with Gasteiger partial charge in [0.2, 0.25) is 0 Å². The Hall–Kier alpha value is -6.13. The van der Waals surface area contributed by atoms with Gasteiger partial charge in [-0.3, -0.25) is 4.79 Å². The Bertz CT molecular complexity index is 2120. The topological polar surface area (TPSA) is 107 Å². The molecule has 224 valence electrons. The molecule has 46 heavy (non-hydrogen) atoms. The maximum atomic E-state index is 14.0. The lowest BCUT2D eigenvalue weighted by molar-refractivity contribution is 0.0696. The SMILES string of the molecule is N#Cc1cccc(Nc2ccc(C(=O)NC3(c4ccc(C(=O)O)cc4)CC3)c3c2ccn3Cc2ccc(-c3ccccc3)cc2)c1. The number of aromatic nitrogens is 1. The van der Waals surface area contributed by atoms with Gasteiger partial charge in [0, 0.05) is 29.5 Å². The molecule has 0 saturated heterocycles. The van der Waals surface area contributed by atoms with Crippen LogP contribution in [0.1, 0.15) is 50.2 Å². The Morgan fingerprint density at radius 2 is 1.57 bits per heavy atom. The van der Waals surface area contributed by atoms with Gasteiger partial charge in [-0.1, -0.05) is 72.8 Å². The van der Waals surface area contributed by atoms with Crippen LogP contribution in [0, 0.1) is 11.3 Å². The van der Waals surface area contributed by atoms with E-state index in [0.29, 0.717) is 17.7 Å². The summed E-state index contributed by atoms with van der Waals surface area (Å²) in [5, 5.41) is 26.3. The zero-order valence-corrected chi connectivity index (χ0v) is 24.9. The number of amides is 1.